The highest BCUT2D eigenvalue weighted by molar-refractivity contribution is 7.89. The van der Waals surface area contributed by atoms with Crippen LogP contribution in [0.1, 0.15) is 25.8 Å². The van der Waals surface area contributed by atoms with E-state index in [2.05, 4.69) is 19.2 Å². The van der Waals surface area contributed by atoms with Gasteiger partial charge < -0.3 is 14.8 Å². The molecule has 0 heterocycles. The summed E-state index contributed by atoms with van der Waals surface area (Å²) in [5.41, 5.74) is 1.23. The summed E-state index contributed by atoms with van der Waals surface area (Å²) in [5, 5.41) is 7.70. The number of carbonyl (C=O) groups is 1. The van der Waals surface area contributed by atoms with Crippen molar-refractivity contribution < 1.29 is 22.7 Å². The normalized spacial score (nSPS) is 11.6. The van der Waals surface area contributed by atoms with E-state index in [4.69, 9.17) is 14.6 Å². The minimum absolute atomic E-state index is 0.0196. The Hall–Kier alpha value is -2.84. The van der Waals surface area contributed by atoms with Crippen molar-refractivity contribution in [3.63, 3.8) is 0 Å². The van der Waals surface area contributed by atoms with Gasteiger partial charge in [-0.3, -0.25) is 4.79 Å². The van der Waals surface area contributed by atoms with Crippen molar-refractivity contribution in [1.82, 2.24) is 0 Å². The van der Waals surface area contributed by atoms with Crippen LogP contribution in [0.3, 0.4) is 0 Å². The SMILES string of the molecule is COc1cc(/C=C/C(=O)Nc2ccc(S(N)(=O)=O)cc2)ccc1OCCC(C)C. The molecule has 0 unspecified atom stereocenters. The first-order valence-electron chi connectivity index (χ1n) is 9.12. The van der Waals surface area contributed by atoms with Gasteiger partial charge in [0.05, 0.1) is 18.6 Å². The largest absolute Gasteiger partial charge is 0.493 e. The Kier molecular flexibility index (Phi) is 7.81. The molecular weight excluding hydrogens is 392 g/mol. The fourth-order valence-electron chi connectivity index (χ4n) is 2.40. The van der Waals surface area contributed by atoms with Crippen LogP contribution in [0.2, 0.25) is 0 Å². The van der Waals surface area contributed by atoms with Gasteiger partial charge in [-0.25, -0.2) is 13.6 Å². The Balaban J connectivity index is 2.00. The van der Waals surface area contributed by atoms with Crippen LogP contribution in [0, 0.1) is 5.92 Å². The summed E-state index contributed by atoms with van der Waals surface area (Å²) in [6, 6.07) is 11.0. The Labute approximate surface area is 171 Å². The molecule has 0 atom stereocenters. The third kappa shape index (κ3) is 7.24. The molecule has 7 nitrogen and oxygen atoms in total. The van der Waals surface area contributed by atoms with Gasteiger partial charge in [0.2, 0.25) is 15.9 Å². The molecule has 29 heavy (non-hydrogen) atoms. The number of benzene rings is 2. The molecule has 8 heteroatoms. The molecule has 0 aliphatic carbocycles. The number of carbonyl (C=O) groups excluding carboxylic acids is 1. The van der Waals surface area contributed by atoms with Crippen LogP contribution in [0.4, 0.5) is 5.69 Å². The lowest BCUT2D eigenvalue weighted by atomic mass is 10.1. The molecule has 2 aromatic carbocycles. The zero-order chi connectivity index (χ0) is 21.4. The molecule has 2 aromatic rings. The molecule has 0 saturated heterocycles. The molecule has 0 saturated carbocycles. The minimum Gasteiger partial charge on any atom is -0.493 e. The lowest BCUT2D eigenvalue weighted by Crippen LogP contribution is -2.12. The predicted octanol–water partition coefficient (Wildman–Crippen LogP) is 3.42. The van der Waals surface area contributed by atoms with Crippen molar-refractivity contribution in [2.45, 2.75) is 25.2 Å². The van der Waals surface area contributed by atoms with Crippen LogP contribution in [0.25, 0.3) is 6.08 Å². The maximum Gasteiger partial charge on any atom is 0.248 e. The number of hydrogen-bond donors (Lipinski definition) is 2. The second-order valence-electron chi connectivity index (χ2n) is 6.83. The van der Waals surface area contributed by atoms with Crippen LogP contribution in [0.5, 0.6) is 11.5 Å². The van der Waals surface area contributed by atoms with Crippen LogP contribution < -0.4 is 19.9 Å². The summed E-state index contributed by atoms with van der Waals surface area (Å²) in [6.07, 6.45) is 3.97. The number of anilines is 1. The van der Waals surface area contributed by atoms with Crippen molar-refractivity contribution in [3.8, 4) is 11.5 Å². The maximum atomic E-state index is 12.1. The van der Waals surface area contributed by atoms with E-state index in [0.29, 0.717) is 29.7 Å². The average molecular weight is 419 g/mol. The highest BCUT2D eigenvalue weighted by Crippen LogP contribution is 2.29. The first-order chi connectivity index (χ1) is 13.7. The third-order valence-corrected chi connectivity index (χ3v) is 4.95. The molecule has 0 radical (unpaired) electrons. The molecule has 0 bridgehead atoms. The van der Waals surface area contributed by atoms with Gasteiger partial charge >= 0.3 is 0 Å². The number of rotatable bonds is 9. The summed E-state index contributed by atoms with van der Waals surface area (Å²) >= 11 is 0. The highest BCUT2D eigenvalue weighted by Gasteiger charge is 2.08. The van der Waals surface area contributed by atoms with E-state index in [0.717, 1.165) is 12.0 Å². The molecule has 0 aromatic heterocycles. The molecule has 0 fully saturated rings. The second kappa shape index (κ2) is 10.1. The predicted molar refractivity (Wildman–Crippen MR) is 113 cm³/mol. The fraction of sp³-hybridized carbons (Fsp3) is 0.286. The summed E-state index contributed by atoms with van der Waals surface area (Å²) in [6.45, 7) is 4.87. The number of sulfonamides is 1. The number of nitrogens with one attached hydrogen (secondary N) is 1. The monoisotopic (exact) mass is 418 g/mol. The van der Waals surface area contributed by atoms with Crippen molar-refractivity contribution in [2.75, 3.05) is 19.0 Å². The van der Waals surface area contributed by atoms with E-state index >= 15 is 0 Å². The van der Waals surface area contributed by atoms with E-state index in [1.54, 1.807) is 19.3 Å². The summed E-state index contributed by atoms with van der Waals surface area (Å²) < 4.78 is 33.6. The van der Waals surface area contributed by atoms with Crippen molar-refractivity contribution in [2.24, 2.45) is 11.1 Å². The average Bonchev–Trinajstić information content (AvgIpc) is 2.66. The topological polar surface area (TPSA) is 108 Å². The van der Waals surface area contributed by atoms with Crippen molar-refractivity contribution >= 4 is 27.7 Å². The third-order valence-electron chi connectivity index (χ3n) is 4.02. The van der Waals surface area contributed by atoms with Gasteiger partial charge in [0.15, 0.2) is 11.5 Å². The van der Waals surface area contributed by atoms with Gasteiger partial charge in [0.1, 0.15) is 0 Å². The molecule has 0 aliphatic heterocycles. The standard InChI is InChI=1S/C21H26N2O5S/c1-15(2)12-13-28-19-10-4-16(14-20(19)27-3)5-11-21(24)23-17-6-8-18(9-7-17)29(22,25)26/h4-11,14-15H,12-13H2,1-3H3,(H,23,24)(H2,22,25,26)/b11-5+. The van der Waals surface area contributed by atoms with E-state index < -0.39 is 10.0 Å². The van der Waals surface area contributed by atoms with Crippen LogP contribution >= 0.6 is 0 Å². The number of amides is 1. The Bertz CT molecular complexity index is 967. The van der Waals surface area contributed by atoms with Crippen LogP contribution in [-0.2, 0) is 14.8 Å². The quantitative estimate of drug-likeness (QED) is 0.607. The van der Waals surface area contributed by atoms with Gasteiger partial charge in [-0.05, 0) is 60.4 Å². The first-order valence-corrected chi connectivity index (χ1v) is 10.7. The molecule has 1 amide bonds. The number of methoxy groups -OCH3 is 1. The van der Waals surface area contributed by atoms with E-state index in [1.807, 2.05) is 12.1 Å². The zero-order valence-electron chi connectivity index (χ0n) is 16.7. The lowest BCUT2D eigenvalue weighted by molar-refractivity contribution is -0.111. The molecule has 2 rings (SSSR count). The molecule has 156 valence electrons. The van der Waals surface area contributed by atoms with E-state index in [1.165, 1.54) is 30.3 Å². The maximum absolute atomic E-state index is 12.1. The van der Waals surface area contributed by atoms with Crippen LogP contribution in [0.15, 0.2) is 53.4 Å². The lowest BCUT2D eigenvalue weighted by Gasteiger charge is -2.12. The summed E-state index contributed by atoms with van der Waals surface area (Å²) in [4.78, 5) is 12.1. The molecular formula is C21H26N2O5S. The van der Waals surface area contributed by atoms with Gasteiger partial charge in [0, 0.05) is 11.8 Å². The van der Waals surface area contributed by atoms with Crippen LogP contribution in [-0.4, -0.2) is 28.0 Å². The van der Waals surface area contributed by atoms with E-state index in [9.17, 15) is 13.2 Å². The molecule has 0 aliphatic rings. The number of primary sulfonamides is 1. The Morgan fingerprint density at radius 1 is 1.14 bits per heavy atom. The van der Waals surface area contributed by atoms with Gasteiger partial charge in [0.25, 0.3) is 0 Å². The summed E-state index contributed by atoms with van der Waals surface area (Å²) in [7, 11) is -2.20. The van der Waals surface area contributed by atoms with Gasteiger partial charge in [-0.1, -0.05) is 19.9 Å². The molecule has 0 spiro atoms. The van der Waals surface area contributed by atoms with Gasteiger partial charge in [-0.15, -0.1) is 0 Å². The first kappa shape index (κ1) is 22.4. The second-order valence-corrected chi connectivity index (χ2v) is 8.39. The minimum atomic E-state index is -3.76. The number of nitrogens with two attached hydrogens (primary N) is 1. The van der Waals surface area contributed by atoms with Crippen molar-refractivity contribution in [3.05, 3.63) is 54.1 Å². The smallest absolute Gasteiger partial charge is 0.248 e. The summed E-state index contributed by atoms with van der Waals surface area (Å²) in [5.74, 6) is 1.45. The zero-order valence-corrected chi connectivity index (χ0v) is 17.5. The Morgan fingerprint density at radius 2 is 1.83 bits per heavy atom. The fourth-order valence-corrected chi connectivity index (χ4v) is 2.91. The number of hydrogen-bond acceptors (Lipinski definition) is 5. The Morgan fingerprint density at radius 3 is 2.41 bits per heavy atom. The van der Waals surface area contributed by atoms with Crippen molar-refractivity contribution in [1.29, 1.82) is 0 Å². The number of ether oxygens (including phenoxy) is 2. The van der Waals surface area contributed by atoms with E-state index in [-0.39, 0.29) is 10.8 Å². The molecule has 3 N–H and O–H groups in total. The highest BCUT2D eigenvalue weighted by atomic mass is 32.2. The van der Waals surface area contributed by atoms with Gasteiger partial charge in [-0.2, -0.15) is 0 Å².